The summed E-state index contributed by atoms with van der Waals surface area (Å²) in [5.41, 5.74) is 8.49. The van der Waals surface area contributed by atoms with Gasteiger partial charge < -0.3 is 47.5 Å². The molecule has 410 valence electrons. The summed E-state index contributed by atoms with van der Waals surface area (Å²) in [4.78, 5) is 117. The molecule has 0 radical (unpaired) electrons. The van der Waals surface area contributed by atoms with Crippen molar-refractivity contribution >= 4 is 109 Å². The lowest BCUT2D eigenvalue weighted by atomic mass is 10.0. The Balaban J connectivity index is 1.13. The maximum Gasteiger partial charge on any atom is 0.271 e. The van der Waals surface area contributed by atoms with E-state index in [2.05, 4.69) is 46.9 Å². The zero-order valence-electron chi connectivity index (χ0n) is 42.9. The molecule has 0 spiro atoms. The number of nitrogens with zero attached hydrogens (tertiary/aromatic N) is 7. The number of aliphatic hydroxyl groups is 1. The summed E-state index contributed by atoms with van der Waals surface area (Å²) in [5, 5.41) is 38.1. The summed E-state index contributed by atoms with van der Waals surface area (Å²) in [6.07, 6.45) is -0.704. The van der Waals surface area contributed by atoms with Gasteiger partial charge in [-0.3, -0.25) is 28.8 Å². The minimum absolute atomic E-state index is 0.00461. The van der Waals surface area contributed by atoms with Crippen LogP contribution in [0.4, 0.5) is 5.82 Å². The molecule has 8 aromatic rings. The van der Waals surface area contributed by atoms with Crippen LogP contribution in [0, 0.1) is 12.8 Å². The molecule has 0 fully saturated rings. The topological polar surface area (TPSA) is 320 Å². The Bertz CT molecular complexity index is 3530. The average Bonchev–Trinajstić information content (AvgIpc) is 4.35. The second kappa shape index (κ2) is 25.3. The predicted octanol–water partition coefficient (Wildman–Crippen LogP) is 6.99. The number of benzene rings is 1. The van der Waals surface area contributed by atoms with Crippen LogP contribution < -0.4 is 37.6 Å². The Morgan fingerprint density at radius 3 is 2.20 bits per heavy atom. The van der Waals surface area contributed by atoms with E-state index >= 15 is 0 Å². The van der Waals surface area contributed by atoms with Crippen molar-refractivity contribution in [1.82, 2.24) is 61.5 Å². The quantitative estimate of drug-likeness (QED) is 0.0611. The number of methoxy groups -OCH3 is 1. The Labute approximate surface area is 476 Å². The van der Waals surface area contributed by atoms with E-state index in [-0.39, 0.29) is 54.3 Å². The fraction of sp³-hybridized carbons (Fsp3) is 0.314. The summed E-state index contributed by atoms with van der Waals surface area (Å²) in [6.45, 7) is 5.37. The summed E-state index contributed by atoms with van der Waals surface area (Å²) in [6, 6.07) is 9.60. The number of aryl methyl sites for hydroxylation is 1. The van der Waals surface area contributed by atoms with Gasteiger partial charge in [0, 0.05) is 52.5 Å². The molecule has 10 bridgehead atoms. The first-order valence-corrected chi connectivity index (χ1v) is 29.7. The van der Waals surface area contributed by atoms with Crippen molar-refractivity contribution in [2.75, 3.05) is 32.6 Å². The first kappa shape index (κ1) is 56.6. The number of ether oxygens (including phenoxy) is 1. The van der Waals surface area contributed by atoms with Gasteiger partial charge in [0.15, 0.2) is 0 Å². The Morgan fingerprint density at radius 1 is 0.722 bits per heavy atom. The number of thiazole rings is 6. The third-order valence-electron chi connectivity index (χ3n) is 12.1. The Hall–Kier alpha value is -7.15. The summed E-state index contributed by atoms with van der Waals surface area (Å²) in [7, 11) is 2.95. The Kier molecular flexibility index (Phi) is 18.1. The van der Waals surface area contributed by atoms with Gasteiger partial charge in [-0.2, -0.15) is 0 Å². The molecule has 0 aliphatic carbocycles. The van der Waals surface area contributed by atoms with Crippen LogP contribution in [-0.2, 0) is 25.7 Å². The molecule has 4 atom stereocenters. The van der Waals surface area contributed by atoms with E-state index in [1.54, 1.807) is 70.9 Å². The predicted molar refractivity (Wildman–Crippen MR) is 304 cm³/mol. The SMILES string of the molecule is CNC(=O)C[C@@H]1NC(=O)c2csc(n2)-c2ccc(-c3nc(NC(=O)CCCN)cs3)nc2-c2csc(n2)-c2csc(n2)[C@H]([C@@H](O)c2ccccc2)NC(=O)CNC(=O)c2nc(sc2COC)[C@@H](C(C)C)NC(=O)c2nc1sc2C. The van der Waals surface area contributed by atoms with E-state index in [0.29, 0.717) is 92.5 Å². The maximum absolute atomic E-state index is 14.2. The third-order valence-corrected chi connectivity index (χ3v) is 17.9. The van der Waals surface area contributed by atoms with Gasteiger partial charge in [0.25, 0.3) is 17.7 Å². The highest BCUT2D eigenvalue weighted by Crippen LogP contribution is 2.40. The largest absolute Gasteiger partial charge is 0.386 e. The highest BCUT2D eigenvalue weighted by Gasteiger charge is 2.33. The third kappa shape index (κ3) is 13.1. The normalized spacial score (nSPS) is 16.6. The van der Waals surface area contributed by atoms with Gasteiger partial charge in [0.05, 0.1) is 42.2 Å². The highest BCUT2D eigenvalue weighted by molar-refractivity contribution is 7.15. The molecule has 0 saturated heterocycles. The van der Waals surface area contributed by atoms with Crippen molar-refractivity contribution in [3.05, 3.63) is 111 Å². The van der Waals surface area contributed by atoms with Crippen molar-refractivity contribution in [2.24, 2.45) is 11.7 Å². The number of pyridine rings is 1. The minimum Gasteiger partial charge on any atom is -0.386 e. The van der Waals surface area contributed by atoms with Crippen LogP contribution in [0.5, 0.6) is 0 Å². The molecule has 79 heavy (non-hydrogen) atoms. The van der Waals surface area contributed by atoms with E-state index < -0.39 is 54.4 Å². The number of aliphatic hydroxyl groups excluding tert-OH is 1. The summed E-state index contributed by atoms with van der Waals surface area (Å²) in [5.74, 6) is -2.93. The molecule has 1 aliphatic rings. The number of amides is 6. The summed E-state index contributed by atoms with van der Waals surface area (Å²) >= 11 is 7.27. The van der Waals surface area contributed by atoms with Gasteiger partial charge in [-0.25, -0.2) is 34.9 Å². The van der Waals surface area contributed by atoms with E-state index in [9.17, 15) is 33.9 Å². The second-order valence-corrected chi connectivity index (χ2v) is 23.9. The van der Waals surface area contributed by atoms with Crippen LogP contribution in [-0.4, -0.2) is 103 Å². The van der Waals surface area contributed by atoms with Crippen LogP contribution in [0.2, 0.25) is 0 Å². The number of fused-ring (bicyclic) bond motifs is 14. The standard InChI is InChI=1S/C51H52N14O8S6/c1-23(2)37-51-65-40(32(79-51)18-73-5)44(71)54-17-36(68)62-41(42(69)25-10-7-6-8-11-25)50-59-31(21-76-50)48-57-29(19-75-48)39-26(13-14-27(55-39)47-61-33(22-77-47)60-34(66)12-9-15-52)46-58-30(20-74-46)43(70)56-28(16-35(67)53-4)49-64-38(24(3)78-49)45(72)63-37/h6-8,10-11,13-14,19-23,28,37,41-42,69H,9,12,15-18,52H2,1-5H3,(H,53,67)(H,54,71)(H,56,70)(H,60,66)(H,62,68)(H,63,72)/t28-,37+,41-,42-/m0/s1. The van der Waals surface area contributed by atoms with Gasteiger partial charge in [-0.1, -0.05) is 44.2 Å². The molecular formula is C51H52N14O8S6. The maximum atomic E-state index is 14.2. The molecule has 9 rings (SSSR count). The monoisotopic (exact) mass is 1180 g/mol. The fourth-order valence-corrected chi connectivity index (χ4v) is 13.6. The molecular weight excluding hydrogens is 1130 g/mol. The number of rotatable bonds is 12. The van der Waals surface area contributed by atoms with Gasteiger partial charge in [-0.15, -0.1) is 68.0 Å². The summed E-state index contributed by atoms with van der Waals surface area (Å²) < 4.78 is 5.44. The lowest BCUT2D eigenvalue weighted by Crippen LogP contribution is -2.40. The molecule has 1 aliphatic heterocycles. The number of anilines is 1. The molecule has 28 heteroatoms. The van der Waals surface area contributed by atoms with Crippen molar-refractivity contribution in [1.29, 1.82) is 0 Å². The molecule has 0 saturated carbocycles. The number of carbonyl (C=O) groups is 6. The van der Waals surface area contributed by atoms with E-state index in [1.165, 1.54) is 70.8 Å². The van der Waals surface area contributed by atoms with Gasteiger partial charge in [0.1, 0.15) is 82.2 Å². The first-order chi connectivity index (χ1) is 38.1. The first-order valence-electron chi connectivity index (χ1n) is 24.5. The van der Waals surface area contributed by atoms with Crippen LogP contribution in [0.15, 0.2) is 64.0 Å². The molecule has 22 nitrogen and oxygen atoms in total. The second-order valence-electron chi connectivity index (χ2n) is 18.1. The van der Waals surface area contributed by atoms with E-state index in [0.717, 1.165) is 11.3 Å². The number of nitrogens with one attached hydrogen (secondary N) is 6. The van der Waals surface area contributed by atoms with Gasteiger partial charge in [0.2, 0.25) is 17.7 Å². The zero-order chi connectivity index (χ0) is 55.9. The number of hydrogen-bond acceptors (Lipinski definition) is 22. The Morgan fingerprint density at radius 2 is 1.44 bits per heavy atom. The number of hydrogen-bond donors (Lipinski definition) is 8. The van der Waals surface area contributed by atoms with Crippen molar-refractivity contribution in [3.63, 3.8) is 0 Å². The van der Waals surface area contributed by atoms with Crippen molar-refractivity contribution in [2.45, 2.75) is 70.9 Å². The lowest BCUT2D eigenvalue weighted by Gasteiger charge is -2.23. The number of aromatic nitrogens is 7. The van der Waals surface area contributed by atoms with E-state index in [4.69, 9.17) is 30.4 Å². The van der Waals surface area contributed by atoms with Crippen LogP contribution in [0.25, 0.3) is 43.4 Å². The highest BCUT2D eigenvalue weighted by atomic mass is 32.1. The average molecular weight is 1180 g/mol. The molecule has 6 amide bonds. The smallest absolute Gasteiger partial charge is 0.271 e. The van der Waals surface area contributed by atoms with Crippen molar-refractivity contribution < 1.29 is 38.6 Å². The molecule has 8 heterocycles. The zero-order valence-corrected chi connectivity index (χ0v) is 47.8. The van der Waals surface area contributed by atoms with Crippen molar-refractivity contribution in [3.8, 4) is 43.4 Å². The molecule has 0 unspecified atom stereocenters. The van der Waals surface area contributed by atoms with Crippen LogP contribution >= 0.6 is 68.0 Å². The number of carbonyl (C=O) groups excluding carboxylic acids is 6. The van der Waals surface area contributed by atoms with E-state index in [1.807, 2.05) is 13.8 Å². The molecule has 7 aromatic heterocycles. The molecule has 9 N–H and O–H groups in total. The lowest BCUT2D eigenvalue weighted by molar-refractivity contribution is -0.122. The van der Waals surface area contributed by atoms with Gasteiger partial charge >= 0.3 is 0 Å². The minimum atomic E-state index is -1.26. The van der Waals surface area contributed by atoms with Crippen LogP contribution in [0.1, 0.15) is 119 Å². The fourth-order valence-electron chi connectivity index (χ4n) is 8.11. The van der Waals surface area contributed by atoms with Crippen LogP contribution in [0.3, 0.4) is 0 Å². The molecule has 1 aromatic carbocycles. The number of nitrogens with two attached hydrogens (primary N) is 1. The van der Waals surface area contributed by atoms with Gasteiger partial charge in [-0.05, 0) is 43.5 Å².